The first-order chi connectivity index (χ1) is 14.2. The number of pyridine rings is 1. The highest BCUT2D eigenvalue weighted by atomic mass is 16.1. The molecule has 1 aliphatic rings. The van der Waals surface area contributed by atoms with Crippen LogP contribution < -0.4 is 15.8 Å². The van der Waals surface area contributed by atoms with Crippen LogP contribution >= 0.6 is 0 Å². The van der Waals surface area contributed by atoms with Gasteiger partial charge in [0.05, 0.1) is 11.3 Å². The molecule has 1 amide bonds. The Bertz CT molecular complexity index is 1020. The molecule has 1 fully saturated rings. The first-order valence-electron chi connectivity index (χ1n) is 9.88. The number of aromatic amines is 1. The minimum atomic E-state index is -0.291. The molecule has 0 spiro atoms. The Kier molecular flexibility index (Phi) is 5.65. The minimum absolute atomic E-state index is 0.245. The topological polar surface area (TPSA) is 91.0 Å². The number of anilines is 2. The Hall–Kier alpha value is -3.48. The number of hydrogen-bond donors (Lipinski definition) is 2. The number of amides is 1. The predicted octanol–water partition coefficient (Wildman–Crippen LogP) is 3.46. The highest BCUT2D eigenvalue weighted by molar-refractivity contribution is 6.04. The molecule has 3 heterocycles. The average Bonchev–Trinajstić information content (AvgIpc) is 3.04. The fourth-order valence-corrected chi connectivity index (χ4v) is 3.46. The van der Waals surface area contributed by atoms with E-state index in [9.17, 15) is 9.59 Å². The molecule has 148 valence electrons. The first-order valence-corrected chi connectivity index (χ1v) is 9.88. The maximum atomic E-state index is 12.4. The van der Waals surface area contributed by atoms with E-state index in [2.05, 4.69) is 25.4 Å². The molecule has 0 saturated carbocycles. The molecule has 29 heavy (non-hydrogen) atoms. The molecule has 4 rings (SSSR count). The van der Waals surface area contributed by atoms with Crippen molar-refractivity contribution >= 4 is 17.4 Å². The zero-order valence-electron chi connectivity index (χ0n) is 16.1. The number of hydrogen-bond acceptors (Lipinski definition) is 5. The van der Waals surface area contributed by atoms with Gasteiger partial charge in [0, 0.05) is 36.6 Å². The predicted molar refractivity (Wildman–Crippen MR) is 113 cm³/mol. The van der Waals surface area contributed by atoms with Crippen molar-refractivity contribution in [2.75, 3.05) is 23.3 Å². The summed E-state index contributed by atoms with van der Waals surface area (Å²) in [6.45, 7) is 2.06. The van der Waals surface area contributed by atoms with Crippen molar-refractivity contribution in [2.24, 2.45) is 0 Å². The SMILES string of the molecule is O=C(Nc1cccc(-c2ccc(N3CCCCCC3)nn2)c1)c1ccc(=O)[nH]c1. The van der Waals surface area contributed by atoms with Crippen LogP contribution in [0.15, 0.2) is 59.5 Å². The Morgan fingerprint density at radius 2 is 1.79 bits per heavy atom. The van der Waals surface area contributed by atoms with E-state index in [1.54, 1.807) is 0 Å². The van der Waals surface area contributed by atoms with E-state index in [0.29, 0.717) is 11.3 Å². The number of aromatic nitrogens is 3. The van der Waals surface area contributed by atoms with Crippen LogP contribution in [0.4, 0.5) is 11.5 Å². The molecule has 0 aliphatic carbocycles. The fourth-order valence-electron chi connectivity index (χ4n) is 3.46. The summed E-state index contributed by atoms with van der Waals surface area (Å²) in [4.78, 5) is 28.3. The molecule has 2 aromatic heterocycles. The lowest BCUT2D eigenvalue weighted by Gasteiger charge is -2.20. The van der Waals surface area contributed by atoms with Crippen molar-refractivity contribution < 1.29 is 4.79 Å². The normalized spacial score (nSPS) is 14.3. The van der Waals surface area contributed by atoms with Crippen LogP contribution in [0.5, 0.6) is 0 Å². The molecular formula is C22H23N5O2. The maximum Gasteiger partial charge on any atom is 0.257 e. The van der Waals surface area contributed by atoms with Crippen molar-refractivity contribution in [2.45, 2.75) is 25.7 Å². The number of benzene rings is 1. The average molecular weight is 389 g/mol. The summed E-state index contributed by atoms with van der Waals surface area (Å²) in [7, 11) is 0. The van der Waals surface area contributed by atoms with Crippen LogP contribution in [0, 0.1) is 0 Å². The molecule has 0 bridgehead atoms. The molecule has 7 nitrogen and oxygen atoms in total. The van der Waals surface area contributed by atoms with E-state index >= 15 is 0 Å². The van der Waals surface area contributed by atoms with Gasteiger partial charge < -0.3 is 15.2 Å². The molecule has 1 saturated heterocycles. The van der Waals surface area contributed by atoms with Gasteiger partial charge in [0.15, 0.2) is 5.82 Å². The van der Waals surface area contributed by atoms with Gasteiger partial charge in [0.2, 0.25) is 5.56 Å². The largest absolute Gasteiger partial charge is 0.355 e. The van der Waals surface area contributed by atoms with Gasteiger partial charge in [-0.25, -0.2) is 0 Å². The molecule has 0 unspecified atom stereocenters. The monoisotopic (exact) mass is 389 g/mol. The van der Waals surface area contributed by atoms with Gasteiger partial charge in [0.1, 0.15) is 0 Å². The molecule has 0 atom stereocenters. The van der Waals surface area contributed by atoms with Crippen LogP contribution in [0.25, 0.3) is 11.3 Å². The lowest BCUT2D eigenvalue weighted by Crippen LogP contribution is -2.25. The molecular weight excluding hydrogens is 366 g/mol. The first kappa shape index (κ1) is 18.9. The third-order valence-corrected chi connectivity index (χ3v) is 5.04. The molecule has 3 aromatic rings. The van der Waals surface area contributed by atoms with Gasteiger partial charge in [-0.15, -0.1) is 10.2 Å². The quantitative estimate of drug-likeness (QED) is 0.713. The summed E-state index contributed by atoms with van der Waals surface area (Å²) in [6.07, 6.45) is 6.34. The number of H-pyrrole nitrogens is 1. The summed E-state index contributed by atoms with van der Waals surface area (Å²) in [5.41, 5.74) is 2.42. The third-order valence-electron chi connectivity index (χ3n) is 5.04. The second-order valence-corrected chi connectivity index (χ2v) is 7.15. The van der Waals surface area contributed by atoms with E-state index in [1.807, 2.05) is 36.4 Å². The third kappa shape index (κ3) is 4.68. The van der Waals surface area contributed by atoms with E-state index in [4.69, 9.17) is 0 Å². The van der Waals surface area contributed by atoms with E-state index in [0.717, 1.165) is 30.2 Å². The maximum absolute atomic E-state index is 12.4. The summed E-state index contributed by atoms with van der Waals surface area (Å²) >= 11 is 0. The van der Waals surface area contributed by atoms with Crippen molar-refractivity contribution in [1.82, 2.24) is 15.2 Å². The lowest BCUT2D eigenvalue weighted by atomic mass is 10.1. The van der Waals surface area contributed by atoms with Crippen LogP contribution in [-0.4, -0.2) is 34.2 Å². The molecule has 1 aromatic carbocycles. The Labute approximate surface area is 168 Å². The second kappa shape index (κ2) is 8.68. The van der Waals surface area contributed by atoms with Crippen molar-refractivity contribution in [3.63, 3.8) is 0 Å². The van der Waals surface area contributed by atoms with Gasteiger partial charge in [-0.3, -0.25) is 9.59 Å². The van der Waals surface area contributed by atoms with Gasteiger partial charge in [-0.05, 0) is 43.2 Å². The van der Waals surface area contributed by atoms with Crippen LogP contribution in [0.3, 0.4) is 0 Å². The summed E-state index contributed by atoms with van der Waals surface area (Å²) in [5, 5.41) is 11.7. The van der Waals surface area contributed by atoms with E-state index in [-0.39, 0.29) is 11.5 Å². The van der Waals surface area contributed by atoms with E-state index < -0.39 is 0 Å². The Morgan fingerprint density at radius 1 is 0.966 bits per heavy atom. The van der Waals surface area contributed by atoms with Gasteiger partial charge in [-0.2, -0.15) is 0 Å². The number of nitrogens with one attached hydrogen (secondary N) is 2. The standard InChI is InChI=1S/C22H23N5O2/c28-21-11-8-17(15-23-21)22(29)24-18-7-5-6-16(14-18)19-9-10-20(26-25-19)27-12-3-1-2-4-13-27/h5-11,14-15H,1-4,12-13H2,(H,23,28)(H,24,29). The highest BCUT2D eigenvalue weighted by Gasteiger charge is 2.12. The van der Waals surface area contributed by atoms with Gasteiger partial charge in [-0.1, -0.05) is 25.0 Å². The number of nitrogens with zero attached hydrogens (tertiary/aromatic N) is 3. The zero-order valence-corrected chi connectivity index (χ0v) is 16.1. The van der Waals surface area contributed by atoms with Crippen molar-refractivity contribution in [3.8, 4) is 11.3 Å². The molecule has 2 N–H and O–H groups in total. The highest BCUT2D eigenvalue weighted by Crippen LogP contribution is 2.23. The fraction of sp³-hybridized carbons (Fsp3) is 0.273. The minimum Gasteiger partial charge on any atom is -0.355 e. The molecule has 7 heteroatoms. The summed E-state index contributed by atoms with van der Waals surface area (Å²) in [5.74, 6) is 0.624. The summed E-state index contributed by atoms with van der Waals surface area (Å²) in [6, 6.07) is 14.3. The van der Waals surface area contributed by atoms with Gasteiger partial charge >= 0.3 is 0 Å². The second-order valence-electron chi connectivity index (χ2n) is 7.15. The van der Waals surface area contributed by atoms with Gasteiger partial charge in [0.25, 0.3) is 5.91 Å². The number of carbonyl (C=O) groups is 1. The molecule has 0 radical (unpaired) electrons. The molecule has 1 aliphatic heterocycles. The van der Waals surface area contributed by atoms with Crippen LogP contribution in [0.2, 0.25) is 0 Å². The smallest absolute Gasteiger partial charge is 0.257 e. The van der Waals surface area contributed by atoms with Crippen molar-refractivity contribution in [1.29, 1.82) is 0 Å². The zero-order chi connectivity index (χ0) is 20.1. The number of rotatable bonds is 4. The Morgan fingerprint density at radius 3 is 2.48 bits per heavy atom. The Balaban J connectivity index is 1.48. The lowest BCUT2D eigenvalue weighted by molar-refractivity contribution is 0.102. The summed E-state index contributed by atoms with van der Waals surface area (Å²) < 4.78 is 0. The van der Waals surface area contributed by atoms with Crippen LogP contribution in [0.1, 0.15) is 36.0 Å². The van der Waals surface area contributed by atoms with Crippen molar-refractivity contribution in [3.05, 3.63) is 70.6 Å². The van der Waals surface area contributed by atoms with Crippen LogP contribution in [-0.2, 0) is 0 Å². The van der Waals surface area contributed by atoms with E-state index in [1.165, 1.54) is 44.0 Å². The number of carbonyl (C=O) groups excluding carboxylic acids is 1.